The lowest BCUT2D eigenvalue weighted by atomic mass is 10.1. The zero-order valence-corrected chi connectivity index (χ0v) is 11.9. The van der Waals surface area contributed by atoms with Crippen LogP contribution in [0.5, 0.6) is 5.75 Å². The Bertz CT molecular complexity index is 624. The van der Waals surface area contributed by atoms with Gasteiger partial charge in [-0.2, -0.15) is 0 Å². The Hall–Kier alpha value is -2.69. The number of nitrogens with two attached hydrogens (primary N) is 2. The molecular formula is C16H19N3O2. The van der Waals surface area contributed by atoms with Gasteiger partial charge in [0.2, 0.25) is 0 Å². The number of carbonyl (C=O) groups excluding carboxylic acids is 1. The van der Waals surface area contributed by atoms with Gasteiger partial charge in [0.15, 0.2) is 0 Å². The summed E-state index contributed by atoms with van der Waals surface area (Å²) in [6.07, 6.45) is 0.969. The van der Waals surface area contributed by atoms with Crippen LogP contribution in [-0.4, -0.2) is 12.5 Å². The van der Waals surface area contributed by atoms with Gasteiger partial charge in [0, 0.05) is 5.69 Å². The fourth-order valence-electron chi connectivity index (χ4n) is 1.90. The average molecular weight is 285 g/mol. The molecule has 5 N–H and O–H groups in total. The predicted octanol–water partition coefficient (Wildman–Crippen LogP) is 2.90. The summed E-state index contributed by atoms with van der Waals surface area (Å²) in [5, 5.41) is 3.16. The molecule has 5 nitrogen and oxygen atoms in total. The third-order valence-corrected chi connectivity index (χ3v) is 2.98. The molecule has 0 unspecified atom stereocenters. The minimum atomic E-state index is -0.542. The monoisotopic (exact) mass is 285 g/mol. The Morgan fingerprint density at radius 1 is 1.19 bits per heavy atom. The molecule has 2 aromatic carbocycles. The standard InChI is InChI=1S/C16H19N3O2/c1-2-10-21-12-8-6-11(7-9-12)19-14-5-3-4-13(15(14)17)16(18)20/h3-9,19H,2,10,17H2,1H3,(H2,18,20). The van der Waals surface area contributed by atoms with Gasteiger partial charge in [-0.25, -0.2) is 0 Å². The van der Waals surface area contributed by atoms with Crippen LogP contribution in [-0.2, 0) is 0 Å². The molecule has 0 aliphatic heterocycles. The number of amides is 1. The van der Waals surface area contributed by atoms with Crippen molar-refractivity contribution in [3.63, 3.8) is 0 Å². The van der Waals surface area contributed by atoms with Crippen molar-refractivity contribution in [1.82, 2.24) is 0 Å². The van der Waals surface area contributed by atoms with Crippen molar-refractivity contribution in [2.45, 2.75) is 13.3 Å². The second-order valence-electron chi connectivity index (χ2n) is 4.63. The molecule has 1 amide bonds. The molecule has 21 heavy (non-hydrogen) atoms. The van der Waals surface area contributed by atoms with Crippen molar-refractivity contribution in [2.24, 2.45) is 5.73 Å². The molecule has 0 aliphatic carbocycles. The summed E-state index contributed by atoms with van der Waals surface area (Å²) >= 11 is 0. The van der Waals surface area contributed by atoms with Gasteiger partial charge >= 0.3 is 0 Å². The maximum atomic E-state index is 11.3. The summed E-state index contributed by atoms with van der Waals surface area (Å²) < 4.78 is 5.52. The van der Waals surface area contributed by atoms with Gasteiger partial charge in [-0.1, -0.05) is 13.0 Å². The number of para-hydroxylation sites is 1. The van der Waals surface area contributed by atoms with Crippen molar-refractivity contribution in [3.05, 3.63) is 48.0 Å². The number of nitrogen functional groups attached to an aromatic ring is 1. The third kappa shape index (κ3) is 3.66. The lowest BCUT2D eigenvalue weighted by molar-refractivity contribution is 0.100. The maximum Gasteiger partial charge on any atom is 0.250 e. The molecule has 0 radical (unpaired) electrons. The van der Waals surface area contributed by atoms with Crippen LogP contribution in [0.4, 0.5) is 17.1 Å². The highest BCUT2D eigenvalue weighted by molar-refractivity contribution is 6.01. The average Bonchev–Trinajstić information content (AvgIpc) is 2.48. The quantitative estimate of drug-likeness (QED) is 0.712. The number of ether oxygens (including phenoxy) is 1. The largest absolute Gasteiger partial charge is 0.494 e. The van der Waals surface area contributed by atoms with Gasteiger partial charge in [0.1, 0.15) is 5.75 Å². The maximum absolute atomic E-state index is 11.3. The van der Waals surface area contributed by atoms with E-state index in [1.807, 2.05) is 24.3 Å². The summed E-state index contributed by atoms with van der Waals surface area (Å²) in [4.78, 5) is 11.3. The number of rotatable bonds is 6. The first kappa shape index (κ1) is 14.7. The molecule has 0 atom stereocenters. The molecule has 5 heteroatoms. The van der Waals surface area contributed by atoms with Gasteiger partial charge in [0.05, 0.1) is 23.5 Å². The normalized spacial score (nSPS) is 10.1. The van der Waals surface area contributed by atoms with Crippen LogP contribution in [0, 0.1) is 0 Å². The van der Waals surface area contributed by atoms with Crippen LogP contribution >= 0.6 is 0 Å². The fraction of sp³-hybridized carbons (Fsp3) is 0.188. The van der Waals surface area contributed by atoms with E-state index in [1.54, 1.807) is 18.2 Å². The van der Waals surface area contributed by atoms with Crippen molar-refractivity contribution >= 4 is 23.0 Å². The van der Waals surface area contributed by atoms with Gasteiger partial charge in [-0.15, -0.1) is 0 Å². The smallest absolute Gasteiger partial charge is 0.250 e. The lowest BCUT2D eigenvalue weighted by Crippen LogP contribution is -2.14. The molecule has 0 saturated carbocycles. The number of hydrogen-bond acceptors (Lipinski definition) is 4. The Morgan fingerprint density at radius 3 is 2.52 bits per heavy atom. The molecule has 2 rings (SSSR count). The Morgan fingerprint density at radius 2 is 1.90 bits per heavy atom. The van der Waals surface area contributed by atoms with Gasteiger partial charge < -0.3 is 21.5 Å². The van der Waals surface area contributed by atoms with E-state index >= 15 is 0 Å². The molecule has 2 aromatic rings. The first-order valence-corrected chi connectivity index (χ1v) is 6.80. The van der Waals surface area contributed by atoms with Crippen LogP contribution < -0.4 is 21.5 Å². The summed E-state index contributed by atoms with van der Waals surface area (Å²) in [7, 11) is 0. The fourth-order valence-corrected chi connectivity index (χ4v) is 1.90. The van der Waals surface area contributed by atoms with E-state index in [2.05, 4.69) is 12.2 Å². The van der Waals surface area contributed by atoms with E-state index < -0.39 is 5.91 Å². The Balaban J connectivity index is 2.15. The molecule has 0 spiro atoms. The minimum absolute atomic E-state index is 0.308. The van der Waals surface area contributed by atoms with E-state index in [4.69, 9.17) is 16.2 Å². The van der Waals surface area contributed by atoms with E-state index in [0.717, 1.165) is 17.9 Å². The highest BCUT2D eigenvalue weighted by Crippen LogP contribution is 2.27. The van der Waals surface area contributed by atoms with Crippen molar-refractivity contribution in [2.75, 3.05) is 17.7 Å². The molecule has 0 heterocycles. The lowest BCUT2D eigenvalue weighted by Gasteiger charge is -2.12. The van der Waals surface area contributed by atoms with Crippen LogP contribution in [0.15, 0.2) is 42.5 Å². The first-order valence-electron chi connectivity index (χ1n) is 6.80. The summed E-state index contributed by atoms with van der Waals surface area (Å²) in [6.45, 7) is 2.75. The van der Waals surface area contributed by atoms with Gasteiger partial charge in [-0.05, 0) is 42.8 Å². The number of nitrogens with one attached hydrogen (secondary N) is 1. The third-order valence-electron chi connectivity index (χ3n) is 2.98. The number of carbonyl (C=O) groups is 1. The molecular weight excluding hydrogens is 266 g/mol. The zero-order valence-electron chi connectivity index (χ0n) is 11.9. The zero-order chi connectivity index (χ0) is 15.2. The van der Waals surface area contributed by atoms with E-state index in [9.17, 15) is 4.79 Å². The molecule has 0 aliphatic rings. The predicted molar refractivity (Wildman–Crippen MR) is 84.9 cm³/mol. The SMILES string of the molecule is CCCOc1ccc(Nc2cccc(C(N)=O)c2N)cc1. The minimum Gasteiger partial charge on any atom is -0.494 e. The second kappa shape index (κ2) is 6.65. The summed E-state index contributed by atoms with van der Waals surface area (Å²) in [5.41, 5.74) is 13.4. The van der Waals surface area contributed by atoms with Gasteiger partial charge in [-0.3, -0.25) is 4.79 Å². The second-order valence-corrected chi connectivity index (χ2v) is 4.63. The van der Waals surface area contributed by atoms with E-state index in [-0.39, 0.29) is 0 Å². The molecule has 0 saturated heterocycles. The molecule has 0 fully saturated rings. The summed E-state index contributed by atoms with van der Waals surface area (Å²) in [6, 6.07) is 12.7. The molecule has 0 bridgehead atoms. The Labute approximate surface area is 123 Å². The van der Waals surface area contributed by atoms with Crippen LogP contribution in [0.25, 0.3) is 0 Å². The number of primary amides is 1. The van der Waals surface area contributed by atoms with E-state index in [0.29, 0.717) is 23.5 Å². The van der Waals surface area contributed by atoms with Gasteiger partial charge in [0.25, 0.3) is 5.91 Å². The topological polar surface area (TPSA) is 90.4 Å². The van der Waals surface area contributed by atoms with Crippen LogP contribution in [0.2, 0.25) is 0 Å². The molecule has 0 aromatic heterocycles. The highest BCUT2D eigenvalue weighted by atomic mass is 16.5. The van der Waals surface area contributed by atoms with Crippen molar-refractivity contribution in [3.8, 4) is 5.75 Å². The van der Waals surface area contributed by atoms with Crippen LogP contribution in [0.3, 0.4) is 0 Å². The van der Waals surface area contributed by atoms with E-state index in [1.165, 1.54) is 0 Å². The number of hydrogen-bond donors (Lipinski definition) is 3. The molecule has 110 valence electrons. The first-order chi connectivity index (χ1) is 10.1. The summed E-state index contributed by atoms with van der Waals surface area (Å²) in [5.74, 6) is 0.278. The highest BCUT2D eigenvalue weighted by Gasteiger charge is 2.09. The number of anilines is 3. The van der Waals surface area contributed by atoms with Crippen molar-refractivity contribution in [1.29, 1.82) is 0 Å². The van der Waals surface area contributed by atoms with Crippen LogP contribution in [0.1, 0.15) is 23.7 Å². The Kier molecular flexibility index (Phi) is 4.66. The number of benzene rings is 2. The van der Waals surface area contributed by atoms with Crippen molar-refractivity contribution < 1.29 is 9.53 Å².